The lowest BCUT2D eigenvalue weighted by atomic mass is 10.0. The van der Waals surface area contributed by atoms with E-state index in [0.29, 0.717) is 48.9 Å². The van der Waals surface area contributed by atoms with Crippen LogP contribution in [0.25, 0.3) is 0 Å². The van der Waals surface area contributed by atoms with Crippen molar-refractivity contribution in [2.24, 2.45) is 16.6 Å². The van der Waals surface area contributed by atoms with Crippen LogP contribution in [0.15, 0.2) is 21.3 Å². The third-order valence-electron chi connectivity index (χ3n) is 4.42. The van der Waals surface area contributed by atoms with E-state index < -0.39 is 10.0 Å². The zero-order chi connectivity index (χ0) is 19.9. The maximum Gasteiger partial charge on any atom is 0.252 e. The first-order chi connectivity index (χ1) is 12.8. The molecule has 0 spiro atoms. The summed E-state index contributed by atoms with van der Waals surface area (Å²) >= 11 is 1.25. The van der Waals surface area contributed by atoms with Crippen LogP contribution in [0.1, 0.15) is 44.9 Å². The quantitative estimate of drug-likeness (QED) is 0.476. The van der Waals surface area contributed by atoms with Crippen LogP contribution in [0.4, 0.5) is 0 Å². The molecule has 0 aliphatic carbocycles. The second-order valence-electron chi connectivity index (χ2n) is 7.31. The molecule has 0 radical (unpaired) electrons. The van der Waals surface area contributed by atoms with Crippen LogP contribution in [0.3, 0.4) is 0 Å². The summed E-state index contributed by atoms with van der Waals surface area (Å²) in [5, 5.41) is 3.20. The van der Waals surface area contributed by atoms with Crippen LogP contribution < -0.4 is 11.1 Å². The van der Waals surface area contributed by atoms with E-state index in [9.17, 15) is 8.42 Å². The first-order valence-electron chi connectivity index (χ1n) is 9.52. The monoisotopic (exact) mass is 416 g/mol. The topological polar surface area (TPSA) is 97.0 Å². The minimum absolute atomic E-state index is 0.271. The van der Waals surface area contributed by atoms with Gasteiger partial charge in [0.05, 0.1) is 19.8 Å². The number of morpholine rings is 1. The van der Waals surface area contributed by atoms with Crippen molar-refractivity contribution in [3.63, 3.8) is 0 Å². The fourth-order valence-corrected chi connectivity index (χ4v) is 5.70. The smallest absolute Gasteiger partial charge is 0.252 e. The molecule has 1 saturated heterocycles. The van der Waals surface area contributed by atoms with Crippen LogP contribution in [0.2, 0.25) is 0 Å². The highest BCUT2D eigenvalue weighted by Gasteiger charge is 2.27. The molecule has 7 nitrogen and oxygen atoms in total. The van der Waals surface area contributed by atoms with Gasteiger partial charge >= 0.3 is 0 Å². The Kier molecular flexibility index (Phi) is 8.53. The second-order valence-corrected chi connectivity index (χ2v) is 10.6. The molecule has 0 bridgehead atoms. The first kappa shape index (κ1) is 22.1. The zero-order valence-corrected chi connectivity index (χ0v) is 18.1. The highest BCUT2D eigenvalue weighted by Crippen LogP contribution is 2.26. The van der Waals surface area contributed by atoms with E-state index in [0.717, 1.165) is 17.7 Å². The van der Waals surface area contributed by atoms with Crippen LogP contribution in [0.5, 0.6) is 0 Å². The molecule has 1 aliphatic rings. The number of sulfonamides is 1. The van der Waals surface area contributed by atoms with Crippen LogP contribution in [0, 0.1) is 5.92 Å². The van der Waals surface area contributed by atoms with Crippen LogP contribution in [-0.4, -0.2) is 51.0 Å². The number of rotatable bonds is 9. The van der Waals surface area contributed by atoms with Gasteiger partial charge in [0.1, 0.15) is 4.21 Å². The number of hydrogen-bond donors (Lipinski definition) is 2. The van der Waals surface area contributed by atoms with Crippen LogP contribution >= 0.6 is 11.3 Å². The van der Waals surface area contributed by atoms with Crippen molar-refractivity contribution < 1.29 is 13.2 Å². The van der Waals surface area contributed by atoms with Crippen molar-refractivity contribution in [3.05, 3.63) is 17.0 Å². The van der Waals surface area contributed by atoms with Crippen molar-refractivity contribution in [2.75, 3.05) is 26.3 Å². The van der Waals surface area contributed by atoms with Gasteiger partial charge < -0.3 is 15.8 Å². The summed E-state index contributed by atoms with van der Waals surface area (Å²) < 4.78 is 32.3. The van der Waals surface area contributed by atoms with Crippen LogP contribution in [-0.2, 0) is 21.3 Å². The maximum absolute atomic E-state index is 12.6. The zero-order valence-electron chi connectivity index (χ0n) is 16.5. The van der Waals surface area contributed by atoms with Gasteiger partial charge in [-0.1, -0.05) is 26.7 Å². The van der Waals surface area contributed by atoms with Gasteiger partial charge in [-0.15, -0.1) is 11.3 Å². The molecular formula is C18H32N4O3S2. The highest BCUT2D eigenvalue weighted by molar-refractivity contribution is 7.91. The van der Waals surface area contributed by atoms with Crippen molar-refractivity contribution in [3.8, 4) is 0 Å². The fraction of sp³-hybridized carbons (Fsp3) is 0.722. The number of thiophene rings is 1. The summed E-state index contributed by atoms with van der Waals surface area (Å²) in [7, 11) is -3.44. The Bertz CT molecular complexity index is 710. The Morgan fingerprint density at radius 1 is 1.30 bits per heavy atom. The second kappa shape index (κ2) is 10.4. The first-order valence-corrected chi connectivity index (χ1v) is 11.8. The minimum Gasteiger partial charge on any atom is -0.379 e. The Hall–Kier alpha value is -1.16. The van der Waals surface area contributed by atoms with Gasteiger partial charge in [-0.2, -0.15) is 4.31 Å². The normalized spacial score (nSPS) is 18.0. The number of ether oxygens (including phenoxy) is 1. The van der Waals surface area contributed by atoms with E-state index in [1.54, 1.807) is 12.1 Å². The van der Waals surface area contributed by atoms with Gasteiger partial charge in [-0.25, -0.2) is 13.4 Å². The number of aliphatic imine (C=N–C) groups is 1. The molecular weight excluding hydrogens is 384 g/mol. The van der Waals surface area contributed by atoms with E-state index in [2.05, 4.69) is 31.1 Å². The predicted octanol–water partition coefficient (Wildman–Crippen LogP) is 2.39. The molecule has 154 valence electrons. The molecule has 0 saturated carbocycles. The summed E-state index contributed by atoms with van der Waals surface area (Å²) in [5.41, 5.74) is 5.97. The number of hydrogen-bond acceptors (Lipinski definition) is 5. The van der Waals surface area contributed by atoms with Crippen molar-refractivity contribution in [1.29, 1.82) is 0 Å². The Morgan fingerprint density at radius 2 is 2.00 bits per heavy atom. The van der Waals surface area contributed by atoms with Gasteiger partial charge in [0.15, 0.2) is 5.96 Å². The molecule has 2 rings (SSSR count). The van der Waals surface area contributed by atoms with Crippen molar-refractivity contribution in [1.82, 2.24) is 9.62 Å². The number of nitrogens with two attached hydrogens (primary N) is 1. The van der Waals surface area contributed by atoms with E-state index >= 15 is 0 Å². The minimum atomic E-state index is -3.44. The SMILES string of the molecule is CC(C)CCCC(C)NC(N)=NCc1ccc(S(=O)(=O)N2CCOCC2)s1. The third-order valence-corrected chi connectivity index (χ3v) is 7.86. The van der Waals surface area contributed by atoms with Gasteiger partial charge in [-0.05, 0) is 31.4 Å². The summed E-state index contributed by atoms with van der Waals surface area (Å²) in [6, 6.07) is 3.73. The average molecular weight is 417 g/mol. The lowest BCUT2D eigenvalue weighted by molar-refractivity contribution is 0.0731. The van der Waals surface area contributed by atoms with Gasteiger partial charge in [0, 0.05) is 24.0 Å². The van der Waals surface area contributed by atoms with E-state index in [1.165, 1.54) is 22.1 Å². The number of guanidine groups is 1. The Balaban J connectivity index is 1.86. The van der Waals surface area contributed by atoms with E-state index in [4.69, 9.17) is 10.5 Å². The molecule has 2 heterocycles. The Labute approximate surface area is 167 Å². The fourth-order valence-electron chi connectivity index (χ4n) is 2.86. The van der Waals surface area contributed by atoms with Crippen molar-refractivity contribution in [2.45, 2.75) is 56.8 Å². The molecule has 1 aromatic rings. The molecule has 1 unspecified atom stereocenters. The van der Waals surface area contributed by atoms with E-state index in [1.807, 2.05) is 0 Å². The molecule has 3 N–H and O–H groups in total. The summed E-state index contributed by atoms with van der Waals surface area (Å²) in [6.45, 7) is 8.61. The summed E-state index contributed by atoms with van der Waals surface area (Å²) in [6.07, 6.45) is 3.42. The lowest BCUT2D eigenvalue weighted by Crippen LogP contribution is -2.40. The largest absolute Gasteiger partial charge is 0.379 e. The summed E-state index contributed by atoms with van der Waals surface area (Å²) in [5.74, 6) is 1.11. The van der Waals surface area contributed by atoms with Crippen molar-refractivity contribution >= 4 is 27.3 Å². The predicted molar refractivity (Wildman–Crippen MR) is 111 cm³/mol. The molecule has 1 fully saturated rings. The van der Waals surface area contributed by atoms with Gasteiger partial charge in [0.2, 0.25) is 0 Å². The lowest BCUT2D eigenvalue weighted by Gasteiger charge is -2.25. The van der Waals surface area contributed by atoms with E-state index in [-0.39, 0.29) is 6.04 Å². The maximum atomic E-state index is 12.6. The number of nitrogens with one attached hydrogen (secondary N) is 1. The number of nitrogens with zero attached hydrogens (tertiary/aromatic N) is 2. The standard InChI is InChI=1S/C18H32N4O3S2/c1-14(2)5-4-6-15(3)21-18(19)20-13-16-7-8-17(26-16)27(23,24)22-9-11-25-12-10-22/h7-8,14-15H,4-6,9-13H2,1-3H3,(H3,19,20,21). The Morgan fingerprint density at radius 3 is 2.67 bits per heavy atom. The summed E-state index contributed by atoms with van der Waals surface area (Å²) in [4.78, 5) is 5.22. The highest BCUT2D eigenvalue weighted by atomic mass is 32.2. The average Bonchev–Trinajstić information content (AvgIpc) is 3.10. The molecule has 1 aliphatic heterocycles. The molecule has 0 aromatic carbocycles. The van der Waals surface area contributed by atoms with Gasteiger partial charge in [-0.3, -0.25) is 0 Å². The van der Waals surface area contributed by atoms with Gasteiger partial charge in [0.25, 0.3) is 10.0 Å². The molecule has 1 atom stereocenters. The molecule has 27 heavy (non-hydrogen) atoms. The third kappa shape index (κ3) is 7.06. The molecule has 1 aromatic heterocycles. The molecule has 9 heteroatoms. The molecule has 0 amide bonds.